The Morgan fingerprint density at radius 2 is 2.11 bits per heavy atom. The molecule has 0 atom stereocenters. The molecule has 1 saturated carbocycles. The lowest BCUT2D eigenvalue weighted by Gasteiger charge is -2.08. The Balaban J connectivity index is 2.43. The standard InChI is InChI=1S/C14H15NO3/c1-17-12-8-11(14(16)18-2)7-10(13(12)15)6-5-9-3-4-9/h7-9H,3-4,15H2,1-2H3. The van der Waals surface area contributed by atoms with Crippen molar-refractivity contribution in [2.24, 2.45) is 5.92 Å². The number of benzene rings is 1. The molecular weight excluding hydrogens is 230 g/mol. The van der Waals surface area contributed by atoms with Crippen LogP contribution in [-0.2, 0) is 4.74 Å². The van der Waals surface area contributed by atoms with E-state index in [0.29, 0.717) is 28.5 Å². The van der Waals surface area contributed by atoms with Gasteiger partial charge < -0.3 is 15.2 Å². The highest BCUT2D eigenvalue weighted by molar-refractivity contribution is 5.91. The van der Waals surface area contributed by atoms with Crippen LogP contribution in [0.2, 0.25) is 0 Å². The predicted octanol–water partition coefficient (Wildman–Crippen LogP) is 1.83. The lowest BCUT2D eigenvalue weighted by molar-refractivity contribution is 0.0600. The maximum Gasteiger partial charge on any atom is 0.338 e. The molecule has 2 N–H and O–H groups in total. The van der Waals surface area contributed by atoms with E-state index in [2.05, 4.69) is 16.6 Å². The van der Waals surface area contributed by atoms with Gasteiger partial charge in [0.15, 0.2) is 0 Å². The highest BCUT2D eigenvalue weighted by Crippen LogP contribution is 2.30. The number of carbonyl (C=O) groups is 1. The number of hydrogen-bond donors (Lipinski definition) is 1. The number of rotatable bonds is 2. The Morgan fingerprint density at radius 3 is 2.67 bits per heavy atom. The molecule has 0 saturated heterocycles. The molecule has 0 amide bonds. The summed E-state index contributed by atoms with van der Waals surface area (Å²) in [6, 6.07) is 3.20. The second-order valence-corrected chi connectivity index (χ2v) is 4.17. The van der Waals surface area contributed by atoms with Crippen molar-refractivity contribution in [2.75, 3.05) is 20.0 Å². The molecule has 0 unspecified atom stereocenters. The summed E-state index contributed by atoms with van der Waals surface area (Å²) in [4.78, 5) is 11.5. The van der Waals surface area contributed by atoms with Crippen LogP contribution in [0.25, 0.3) is 0 Å². The van der Waals surface area contributed by atoms with E-state index in [0.717, 1.165) is 12.8 Å². The first kappa shape index (κ1) is 12.3. The van der Waals surface area contributed by atoms with Crippen molar-refractivity contribution in [2.45, 2.75) is 12.8 Å². The molecule has 0 spiro atoms. The van der Waals surface area contributed by atoms with Gasteiger partial charge in [0.1, 0.15) is 5.75 Å². The van der Waals surface area contributed by atoms with Gasteiger partial charge in [-0.2, -0.15) is 0 Å². The number of esters is 1. The Morgan fingerprint density at radius 1 is 1.39 bits per heavy atom. The first-order valence-corrected chi connectivity index (χ1v) is 5.73. The molecule has 0 aromatic heterocycles. The molecule has 0 heterocycles. The second kappa shape index (κ2) is 5.01. The lowest BCUT2D eigenvalue weighted by Crippen LogP contribution is -2.05. The van der Waals surface area contributed by atoms with Crippen LogP contribution in [0.15, 0.2) is 12.1 Å². The maximum absolute atomic E-state index is 11.5. The fraction of sp³-hybridized carbons (Fsp3) is 0.357. The molecule has 1 aliphatic rings. The molecule has 1 aromatic rings. The minimum Gasteiger partial charge on any atom is -0.495 e. The van der Waals surface area contributed by atoms with Gasteiger partial charge in [-0.15, -0.1) is 0 Å². The number of ether oxygens (including phenoxy) is 2. The average Bonchev–Trinajstić information content (AvgIpc) is 3.20. The van der Waals surface area contributed by atoms with Crippen LogP contribution in [0.1, 0.15) is 28.8 Å². The molecule has 1 aromatic carbocycles. The summed E-state index contributed by atoms with van der Waals surface area (Å²) in [5.41, 5.74) is 7.39. The third kappa shape index (κ3) is 2.57. The van der Waals surface area contributed by atoms with Crippen molar-refractivity contribution in [1.82, 2.24) is 0 Å². The summed E-state index contributed by atoms with van der Waals surface area (Å²) in [6.45, 7) is 0. The third-order valence-electron chi connectivity index (χ3n) is 2.77. The minimum atomic E-state index is -0.428. The lowest BCUT2D eigenvalue weighted by atomic mass is 10.1. The number of carbonyl (C=O) groups excluding carboxylic acids is 1. The van der Waals surface area contributed by atoms with Crippen LogP contribution in [-0.4, -0.2) is 20.2 Å². The molecule has 18 heavy (non-hydrogen) atoms. The summed E-state index contributed by atoms with van der Waals surface area (Å²) >= 11 is 0. The van der Waals surface area contributed by atoms with Gasteiger partial charge >= 0.3 is 5.97 Å². The Hall–Kier alpha value is -2.15. The highest BCUT2D eigenvalue weighted by Gasteiger charge is 2.18. The molecule has 1 fully saturated rings. The summed E-state index contributed by atoms with van der Waals surface area (Å²) in [5.74, 6) is 6.60. The number of nitrogens with two attached hydrogens (primary N) is 1. The van der Waals surface area contributed by atoms with Gasteiger partial charge in [0.2, 0.25) is 0 Å². The predicted molar refractivity (Wildman–Crippen MR) is 68.3 cm³/mol. The fourth-order valence-electron chi connectivity index (χ4n) is 1.54. The molecular formula is C14H15NO3. The summed E-state index contributed by atoms with van der Waals surface area (Å²) in [7, 11) is 2.84. The zero-order valence-electron chi connectivity index (χ0n) is 10.4. The molecule has 2 rings (SSSR count). The van der Waals surface area contributed by atoms with Crippen LogP contribution < -0.4 is 10.5 Å². The van der Waals surface area contributed by atoms with E-state index in [1.165, 1.54) is 14.2 Å². The smallest absolute Gasteiger partial charge is 0.338 e. The average molecular weight is 245 g/mol. The summed E-state index contributed by atoms with van der Waals surface area (Å²) < 4.78 is 9.83. The van der Waals surface area contributed by atoms with Crippen molar-refractivity contribution in [1.29, 1.82) is 0 Å². The van der Waals surface area contributed by atoms with Gasteiger partial charge in [0.05, 0.1) is 31.0 Å². The van der Waals surface area contributed by atoms with E-state index in [1.807, 2.05) is 0 Å². The van der Waals surface area contributed by atoms with E-state index >= 15 is 0 Å². The van der Waals surface area contributed by atoms with Crippen LogP contribution >= 0.6 is 0 Å². The van der Waals surface area contributed by atoms with Crippen LogP contribution in [0.4, 0.5) is 5.69 Å². The normalized spacial score (nSPS) is 13.4. The zero-order valence-corrected chi connectivity index (χ0v) is 10.4. The van der Waals surface area contributed by atoms with E-state index in [-0.39, 0.29) is 0 Å². The quantitative estimate of drug-likeness (QED) is 0.490. The first-order chi connectivity index (χ1) is 8.65. The van der Waals surface area contributed by atoms with Gasteiger partial charge in [-0.25, -0.2) is 4.79 Å². The van der Waals surface area contributed by atoms with Gasteiger partial charge in [-0.3, -0.25) is 0 Å². The van der Waals surface area contributed by atoms with Crippen LogP contribution in [0, 0.1) is 17.8 Å². The molecule has 0 bridgehead atoms. The Kier molecular flexibility index (Phi) is 3.42. The fourth-order valence-corrected chi connectivity index (χ4v) is 1.54. The van der Waals surface area contributed by atoms with Gasteiger partial charge in [-0.1, -0.05) is 11.8 Å². The molecule has 4 heteroatoms. The highest BCUT2D eigenvalue weighted by atomic mass is 16.5. The van der Waals surface area contributed by atoms with E-state index in [9.17, 15) is 4.79 Å². The van der Waals surface area contributed by atoms with Crippen molar-refractivity contribution < 1.29 is 14.3 Å². The summed E-state index contributed by atoms with van der Waals surface area (Å²) in [6.07, 6.45) is 2.28. The monoisotopic (exact) mass is 245 g/mol. The summed E-state index contributed by atoms with van der Waals surface area (Å²) in [5, 5.41) is 0. The number of hydrogen-bond acceptors (Lipinski definition) is 4. The van der Waals surface area contributed by atoms with Crippen molar-refractivity contribution in [3.05, 3.63) is 23.3 Å². The SMILES string of the molecule is COC(=O)c1cc(C#CC2CC2)c(N)c(OC)c1. The Bertz CT molecular complexity index is 536. The van der Waals surface area contributed by atoms with Gasteiger partial charge in [0.25, 0.3) is 0 Å². The van der Waals surface area contributed by atoms with Crippen LogP contribution in [0.5, 0.6) is 5.75 Å². The topological polar surface area (TPSA) is 61.5 Å². The number of anilines is 1. The van der Waals surface area contributed by atoms with Gasteiger partial charge in [-0.05, 0) is 25.0 Å². The molecule has 0 radical (unpaired) electrons. The first-order valence-electron chi connectivity index (χ1n) is 5.73. The van der Waals surface area contributed by atoms with E-state index in [1.54, 1.807) is 12.1 Å². The van der Waals surface area contributed by atoms with Crippen LogP contribution in [0.3, 0.4) is 0 Å². The maximum atomic E-state index is 11.5. The van der Waals surface area contributed by atoms with Crippen molar-refractivity contribution in [3.8, 4) is 17.6 Å². The largest absolute Gasteiger partial charge is 0.495 e. The zero-order chi connectivity index (χ0) is 13.1. The van der Waals surface area contributed by atoms with Crippen molar-refractivity contribution >= 4 is 11.7 Å². The third-order valence-corrected chi connectivity index (χ3v) is 2.77. The number of nitrogen functional groups attached to an aromatic ring is 1. The molecule has 1 aliphatic carbocycles. The van der Waals surface area contributed by atoms with E-state index < -0.39 is 5.97 Å². The Labute approximate surface area is 106 Å². The minimum absolute atomic E-state index is 0.392. The molecule has 94 valence electrons. The molecule has 0 aliphatic heterocycles. The molecule has 4 nitrogen and oxygen atoms in total. The van der Waals surface area contributed by atoms with Crippen molar-refractivity contribution in [3.63, 3.8) is 0 Å². The van der Waals surface area contributed by atoms with E-state index in [4.69, 9.17) is 10.5 Å². The van der Waals surface area contributed by atoms with Gasteiger partial charge in [0, 0.05) is 5.92 Å². The second-order valence-electron chi connectivity index (χ2n) is 4.17. The number of methoxy groups -OCH3 is 2.